The van der Waals surface area contributed by atoms with Gasteiger partial charge in [-0.25, -0.2) is 0 Å². The first-order chi connectivity index (χ1) is 8.70. The molecule has 1 aromatic carbocycles. The van der Waals surface area contributed by atoms with Crippen LogP contribution in [0.15, 0.2) is 36.4 Å². The number of ether oxygens (including phenoxy) is 1. The highest BCUT2D eigenvalue weighted by Crippen LogP contribution is 2.28. The number of aromatic nitrogens is 1. The second-order valence-electron chi connectivity index (χ2n) is 3.84. The number of rotatable bonds is 4. The van der Waals surface area contributed by atoms with E-state index in [-0.39, 0.29) is 6.61 Å². The van der Waals surface area contributed by atoms with E-state index in [1.54, 1.807) is 18.2 Å². The number of halogens is 1. The monoisotopic (exact) mass is 261 g/mol. The fraction of sp³-hybridized carbons (Fsp3) is 0.143. The SMILES string of the molecule is Cc1cccc(COc2c(Cl)cccc2C=O)n1. The van der Waals surface area contributed by atoms with Crippen molar-refractivity contribution in [3.05, 3.63) is 58.4 Å². The van der Waals surface area contributed by atoms with Gasteiger partial charge in [0.2, 0.25) is 0 Å². The standard InChI is InChI=1S/C14H12ClNO2/c1-10-4-2-6-12(16-10)9-18-14-11(8-17)5-3-7-13(14)15/h2-8H,9H2,1H3. The van der Waals surface area contributed by atoms with Crippen LogP contribution >= 0.6 is 11.6 Å². The Morgan fingerprint density at radius 2 is 2.06 bits per heavy atom. The van der Waals surface area contributed by atoms with Gasteiger partial charge in [-0.3, -0.25) is 9.78 Å². The zero-order chi connectivity index (χ0) is 13.0. The van der Waals surface area contributed by atoms with Gasteiger partial charge in [-0.1, -0.05) is 23.7 Å². The largest absolute Gasteiger partial charge is 0.485 e. The smallest absolute Gasteiger partial charge is 0.153 e. The van der Waals surface area contributed by atoms with Crippen molar-refractivity contribution in [2.75, 3.05) is 0 Å². The van der Waals surface area contributed by atoms with Gasteiger partial charge in [0.15, 0.2) is 6.29 Å². The van der Waals surface area contributed by atoms with E-state index in [9.17, 15) is 4.79 Å². The van der Waals surface area contributed by atoms with E-state index in [1.807, 2.05) is 25.1 Å². The first kappa shape index (κ1) is 12.6. The van der Waals surface area contributed by atoms with Crippen LogP contribution in [0.2, 0.25) is 5.02 Å². The molecule has 0 saturated carbocycles. The minimum absolute atomic E-state index is 0.284. The molecule has 18 heavy (non-hydrogen) atoms. The lowest BCUT2D eigenvalue weighted by molar-refractivity contribution is 0.111. The molecular weight excluding hydrogens is 250 g/mol. The van der Waals surface area contributed by atoms with Crippen molar-refractivity contribution in [3.63, 3.8) is 0 Å². The van der Waals surface area contributed by atoms with Crippen molar-refractivity contribution in [3.8, 4) is 5.75 Å². The van der Waals surface area contributed by atoms with Crippen molar-refractivity contribution < 1.29 is 9.53 Å². The fourth-order valence-electron chi connectivity index (χ4n) is 1.60. The number of hydrogen-bond donors (Lipinski definition) is 0. The third-order valence-electron chi connectivity index (χ3n) is 2.43. The Morgan fingerprint density at radius 1 is 1.28 bits per heavy atom. The molecule has 0 amide bonds. The summed E-state index contributed by atoms with van der Waals surface area (Å²) in [4.78, 5) is 15.2. The molecule has 0 bridgehead atoms. The minimum Gasteiger partial charge on any atom is -0.485 e. The number of benzene rings is 1. The van der Waals surface area contributed by atoms with Crippen molar-refractivity contribution in [2.45, 2.75) is 13.5 Å². The molecule has 0 N–H and O–H groups in total. The summed E-state index contributed by atoms with van der Waals surface area (Å²) in [5.41, 5.74) is 2.16. The summed E-state index contributed by atoms with van der Waals surface area (Å²) >= 11 is 6.00. The van der Waals surface area contributed by atoms with E-state index < -0.39 is 0 Å². The van der Waals surface area contributed by atoms with Gasteiger partial charge in [-0.05, 0) is 31.2 Å². The Morgan fingerprint density at radius 3 is 2.78 bits per heavy atom. The molecule has 2 rings (SSSR count). The number of para-hydroxylation sites is 1. The highest BCUT2D eigenvalue weighted by atomic mass is 35.5. The van der Waals surface area contributed by atoms with Crippen LogP contribution in [0.1, 0.15) is 21.7 Å². The van der Waals surface area contributed by atoms with Gasteiger partial charge >= 0.3 is 0 Å². The number of pyridine rings is 1. The van der Waals surface area contributed by atoms with Gasteiger partial charge in [0.1, 0.15) is 12.4 Å². The maximum atomic E-state index is 10.9. The summed E-state index contributed by atoms with van der Waals surface area (Å²) in [6, 6.07) is 10.8. The summed E-state index contributed by atoms with van der Waals surface area (Å²) in [6.07, 6.45) is 0.727. The maximum absolute atomic E-state index is 10.9. The van der Waals surface area contributed by atoms with E-state index in [0.717, 1.165) is 17.7 Å². The Hall–Kier alpha value is -1.87. The van der Waals surface area contributed by atoms with Crippen molar-refractivity contribution in [1.29, 1.82) is 0 Å². The van der Waals surface area contributed by atoms with Crippen molar-refractivity contribution >= 4 is 17.9 Å². The van der Waals surface area contributed by atoms with E-state index in [0.29, 0.717) is 16.3 Å². The lowest BCUT2D eigenvalue weighted by atomic mass is 10.2. The summed E-state index contributed by atoms with van der Waals surface area (Å²) in [5, 5.41) is 0.423. The lowest BCUT2D eigenvalue weighted by Crippen LogP contribution is -2.01. The normalized spacial score (nSPS) is 10.1. The van der Waals surface area contributed by atoms with E-state index in [1.165, 1.54) is 0 Å². The highest BCUT2D eigenvalue weighted by molar-refractivity contribution is 6.32. The molecule has 0 saturated heterocycles. The van der Waals surface area contributed by atoms with Crippen LogP contribution in [0.4, 0.5) is 0 Å². The van der Waals surface area contributed by atoms with Gasteiger partial charge in [-0.2, -0.15) is 0 Å². The Balaban J connectivity index is 2.18. The molecule has 2 aromatic rings. The predicted octanol–water partition coefficient (Wildman–Crippen LogP) is 3.43. The number of carbonyl (C=O) groups excluding carboxylic acids is 1. The molecule has 1 heterocycles. The quantitative estimate of drug-likeness (QED) is 0.792. The molecule has 4 heteroatoms. The van der Waals surface area contributed by atoms with Crippen LogP contribution in [0.5, 0.6) is 5.75 Å². The number of aryl methyl sites for hydroxylation is 1. The molecular formula is C14H12ClNO2. The van der Waals surface area contributed by atoms with Gasteiger partial charge in [0.05, 0.1) is 16.3 Å². The third-order valence-corrected chi connectivity index (χ3v) is 2.73. The first-order valence-electron chi connectivity index (χ1n) is 5.49. The maximum Gasteiger partial charge on any atom is 0.153 e. The average molecular weight is 262 g/mol. The molecule has 0 spiro atoms. The number of nitrogens with zero attached hydrogens (tertiary/aromatic N) is 1. The molecule has 0 unspecified atom stereocenters. The van der Waals surface area contributed by atoms with Crippen LogP contribution < -0.4 is 4.74 Å². The number of hydrogen-bond acceptors (Lipinski definition) is 3. The summed E-state index contributed by atoms with van der Waals surface area (Å²) < 4.78 is 5.57. The topological polar surface area (TPSA) is 39.2 Å². The molecule has 92 valence electrons. The molecule has 0 aliphatic carbocycles. The highest BCUT2D eigenvalue weighted by Gasteiger charge is 2.08. The molecule has 0 aliphatic heterocycles. The predicted molar refractivity (Wildman–Crippen MR) is 70.1 cm³/mol. The molecule has 0 fully saturated rings. The van der Waals surface area contributed by atoms with Gasteiger partial charge < -0.3 is 4.74 Å². The minimum atomic E-state index is 0.284. The summed E-state index contributed by atoms with van der Waals surface area (Å²) in [5.74, 6) is 0.400. The average Bonchev–Trinajstić information content (AvgIpc) is 2.37. The Kier molecular flexibility index (Phi) is 3.95. The Labute approximate surface area is 110 Å². The molecule has 0 radical (unpaired) electrons. The fourth-order valence-corrected chi connectivity index (χ4v) is 1.83. The third kappa shape index (κ3) is 2.87. The van der Waals surface area contributed by atoms with Crippen LogP contribution in [0.3, 0.4) is 0 Å². The summed E-state index contributed by atoms with van der Waals surface area (Å²) in [6.45, 7) is 2.20. The zero-order valence-corrected chi connectivity index (χ0v) is 10.6. The van der Waals surface area contributed by atoms with Gasteiger partial charge in [0, 0.05) is 5.69 Å². The lowest BCUT2D eigenvalue weighted by Gasteiger charge is -2.09. The number of aldehydes is 1. The van der Waals surface area contributed by atoms with Crippen LogP contribution in [-0.2, 0) is 6.61 Å². The van der Waals surface area contributed by atoms with Gasteiger partial charge in [-0.15, -0.1) is 0 Å². The number of carbonyl (C=O) groups is 1. The second kappa shape index (κ2) is 5.65. The van der Waals surface area contributed by atoms with Crippen LogP contribution in [-0.4, -0.2) is 11.3 Å². The van der Waals surface area contributed by atoms with Crippen molar-refractivity contribution in [1.82, 2.24) is 4.98 Å². The van der Waals surface area contributed by atoms with Crippen molar-refractivity contribution in [2.24, 2.45) is 0 Å². The first-order valence-corrected chi connectivity index (χ1v) is 5.87. The second-order valence-corrected chi connectivity index (χ2v) is 4.24. The van der Waals surface area contributed by atoms with E-state index in [2.05, 4.69) is 4.98 Å². The van der Waals surface area contributed by atoms with Gasteiger partial charge in [0.25, 0.3) is 0 Å². The molecule has 0 atom stereocenters. The van der Waals surface area contributed by atoms with Crippen LogP contribution in [0.25, 0.3) is 0 Å². The van der Waals surface area contributed by atoms with Crippen LogP contribution in [0, 0.1) is 6.92 Å². The molecule has 1 aromatic heterocycles. The van der Waals surface area contributed by atoms with E-state index in [4.69, 9.17) is 16.3 Å². The van der Waals surface area contributed by atoms with E-state index >= 15 is 0 Å². The molecule has 0 aliphatic rings. The Bertz CT molecular complexity index is 569. The summed E-state index contributed by atoms with van der Waals surface area (Å²) in [7, 11) is 0. The zero-order valence-electron chi connectivity index (χ0n) is 9.89. The molecule has 3 nitrogen and oxygen atoms in total.